The second kappa shape index (κ2) is 21.6. The molecule has 60 heavy (non-hydrogen) atoms. The lowest BCUT2D eigenvalue weighted by Gasteiger charge is -2.25. The van der Waals surface area contributed by atoms with Crippen molar-refractivity contribution in [2.75, 3.05) is 6.54 Å². The Balaban J connectivity index is 0.00000401. The first-order valence-corrected chi connectivity index (χ1v) is 20.1. The number of amides is 3. The number of aryl methyl sites for hydroxylation is 1. The van der Waals surface area contributed by atoms with Crippen molar-refractivity contribution in [2.24, 2.45) is 4.99 Å². The number of nitrogens with one attached hydrogen (secondary N) is 2. The first-order chi connectivity index (χ1) is 27.6. The molecule has 0 aliphatic heterocycles. The van der Waals surface area contributed by atoms with Crippen LogP contribution in [0.5, 0.6) is 5.75 Å². The minimum Gasteiger partial charge on any atom is -0.459 e. The van der Waals surface area contributed by atoms with E-state index in [2.05, 4.69) is 47.8 Å². The quantitative estimate of drug-likeness (QED) is 0.0650. The molecule has 0 aliphatic carbocycles. The van der Waals surface area contributed by atoms with Gasteiger partial charge in [-0.3, -0.25) is 20.2 Å². The summed E-state index contributed by atoms with van der Waals surface area (Å²) in [7, 11) is 0. The van der Waals surface area contributed by atoms with E-state index in [0.717, 1.165) is 10.4 Å². The number of carbonyl (C=O) groups is 5. The molecule has 3 rings (SSSR count). The summed E-state index contributed by atoms with van der Waals surface area (Å²) in [6.07, 6.45) is -1.09. The van der Waals surface area contributed by atoms with E-state index in [9.17, 15) is 24.0 Å². The van der Waals surface area contributed by atoms with Crippen molar-refractivity contribution in [3.8, 4) is 5.75 Å². The summed E-state index contributed by atoms with van der Waals surface area (Å²) in [5.74, 6) is -1.47. The molecule has 326 valence electrons. The molecule has 2 aromatic carbocycles. The first kappa shape index (κ1) is 50.6. The van der Waals surface area contributed by atoms with Gasteiger partial charge in [0.2, 0.25) is 11.9 Å². The van der Waals surface area contributed by atoms with E-state index in [1.54, 1.807) is 85.8 Å². The summed E-state index contributed by atoms with van der Waals surface area (Å²) in [5, 5.41) is 7.17. The lowest BCUT2D eigenvalue weighted by atomic mass is 9.89. The Hall–Kier alpha value is -5.57. The fourth-order valence-corrected chi connectivity index (χ4v) is 6.25. The molecule has 0 saturated heterocycles. The van der Waals surface area contributed by atoms with Gasteiger partial charge >= 0.3 is 30.3 Å². The molecule has 1 aromatic heterocycles. The van der Waals surface area contributed by atoms with Gasteiger partial charge in [0.25, 0.3) is 0 Å². The monoisotopic (exact) mass is 870 g/mol. The molecule has 15 nitrogen and oxygen atoms in total. The molecule has 3 amide bonds. The Morgan fingerprint density at radius 3 is 1.77 bits per heavy atom. The van der Waals surface area contributed by atoms with Crippen LogP contribution >= 0.6 is 22.9 Å². The molecule has 0 spiro atoms. The van der Waals surface area contributed by atoms with Crippen LogP contribution in [-0.4, -0.2) is 70.4 Å². The van der Waals surface area contributed by atoms with Crippen LogP contribution in [0.25, 0.3) is 0 Å². The highest BCUT2D eigenvalue weighted by atomic mass is 35.5. The lowest BCUT2D eigenvalue weighted by Crippen LogP contribution is -2.47. The summed E-state index contributed by atoms with van der Waals surface area (Å²) >= 11 is 8.13. The highest BCUT2D eigenvalue weighted by molar-refractivity contribution is 7.10. The second-order valence-corrected chi connectivity index (χ2v) is 18.8. The minimum atomic E-state index is -0.849. The first-order valence-electron chi connectivity index (χ1n) is 18.8. The number of alkyl carbamates (subject to hydrolysis) is 2. The topological polar surface area (TPSA) is 196 Å². The van der Waals surface area contributed by atoms with Gasteiger partial charge in [0, 0.05) is 16.3 Å². The molecule has 0 atom stereocenters. The van der Waals surface area contributed by atoms with Crippen LogP contribution in [0.4, 0.5) is 15.3 Å². The third-order valence-electron chi connectivity index (χ3n) is 7.39. The molecule has 2 N–H and O–H groups in total. The van der Waals surface area contributed by atoms with Crippen LogP contribution in [0, 0.1) is 0 Å². The van der Waals surface area contributed by atoms with E-state index in [1.165, 1.54) is 35.2 Å². The fourth-order valence-electron chi connectivity index (χ4n) is 4.86. The van der Waals surface area contributed by atoms with Crippen molar-refractivity contribution in [1.29, 1.82) is 0 Å². The number of hydrogen-bond acceptors (Lipinski definition) is 13. The van der Waals surface area contributed by atoms with Crippen LogP contribution in [0.15, 0.2) is 58.9 Å². The molecule has 3 aromatic rings. The number of guanidine groups is 1. The van der Waals surface area contributed by atoms with Gasteiger partial charge in [-0.25, -0.2) is 19.4 Å². The van der Waals surface area contributed by atoms with E-state index < -0.39 is 40.9 Å². The number of thiophene rings is 1. The number of ether oxygens (including phenoxy) is 4. The Labute approximate surface area is 360 Å². The van der Waals surface area contributed by atoms with Crippen molar-refractivity contribution in [3.05, 3.63) is 80.5 Å². The normalized spacial score (nSPS) is 11.4. The third-order valence-corrected chi connectivity index (χ3v) is 8.66. The molecule has 0 fully saturated rings. The molecule has 0 bridgehead atoms. The van der Waals surface area contributed by atoms with Crippen LogP contribution in [0.3, 0.4) is 0 Å². The predicted molar refractivity (Wildman–Crippen MR) is 226 cm³/mol. The number of rotatable bonds is 10. The van der Waals surface area contributed by atoms with Gasteiger partial charge < -0.3 is 23.8 Å². The highest BCUT2D eigenvalue weighted by Crippen LogP contribution is 2.29. The zero-order valence-electron chi connectivity index (χ0n) is 36.2. The standard InChI is InChI=1S/C42H55ClN4O9S.CO2/c1-39(2,3)28-21-31(57-25-28)23-47(24-34(49)54-40(4,5)6)33(48)20-16-26-15-19-30(22-32(26)43)53-35(50)27-13-17-29(18-14-27)44-36(45-37(51)55-41(7,8)9)46-38(52)56-42(10,11)12;2-1-3/h13-15,17-19,21-22,25H,16,20,23-24H2,1-12H3,(H2,44,45,46,51,52);. The van der Waals surface area contributed by atoms with Crippen LogP contribution in [-0.2, 0) is 51.8 Å². The average molecular weight is 871 g/mol. The highest BCUT2D eigenvalue weighted by Gasteiger charge is 2.25. The maximum atomic E-state index is 13.5. The molecule has 1 heterocycles. The predicted octanol–water partition coefficient (Wildman–Crippen LogP) is 8.67. The van der Waals surface area contributed by atoms with Gasteiger partial charge in [-0.1, -0.05) is 38.4 Å². The lowest BCUT2D eigenvalue weighted by molar-refractivity contribution is -0.191. The summed E-state index contributed by atoms with van der Waals surface area (Å²) in [6.45, 7) is 21.9. The van der Waals surface area contributed by atoms with Crippen LogP contribution in [0.2, 0.25) is 5.02 Å². The Kier molecular flexibility index (Phi) is 18.2. The molecular weight excluding hydrogens is 816 g/mol. The van der Waals surface area contributed by atoms with Gasteiger partial charge in [0.1, 0.15) is 29.1 Å². The number of carbonyl (C=O) groups excluding carboxylic acids is 7. The number of aliphatic imine (C=N–C) groups is 1. The van der Waals surface area contributed by atoms with Gasteiger partial charge in [0.15, 0.2) is 0 Å². The van der Waals surface area contributed by atoms with Gasteiger partial charge in [0.05, 0.1) is 17.8 Å². The van der Waals surface area contributed by atoms with E-state index in [0.29, 0.717) is 10.6 Å². The summed E-state index contributed by atoms with van der Waals surface area (Å²) in [6, 6.07) is 12.7. The van der Waals surface area contributed by atoms with Crippen molar-refractivity contribution in [3.63, 3.8) is 0 Å². The zero-order valence-corrected chi connectivity index (χ0v) is 37.8. The maximum absolute atomic E-state index is 13.5. The summed E-state index contributed by atoms with van der Waals surface area (Å²) in [4.78, 5) is 87.2. The largest absolute Gasteiger partial charge is 0.459 e. The molecule has 0 aliphatic rings. The molecule has 0 unspecified atom stereocenters. The molecule has 0 radical (unpaired) electrons. The zero-order chi connectivity index (χ0) is 45.6. The fraction of sp³-hybridized carbons (Fsp3) is 0.465. The Morgan fingerprint density at radius 2 is 1.30 bits per heavy atom. The number of esters is 2. The smallest absolute Gasteiger partial charge is 0.414 e. The van der Waals surface area contributed by atoms with Crippen molar-refractivity contribution in [2.45, 2.75) is 125 Å². The average Bonchev–Trinajstić information content (AvgIpc) is 3.55. The van der Waals surface area contributed by atoms with Crippen LogP contribution in [0.1, 0.15) is 116 Å². The Morgan fingerprint density at radius 1 is 0.767 bits per heavy atom. The van der Waals surface area contributed by atoms with Crippen molar-refractivity contribution in [1.82, 2.24) is 15.5 Å². The van der Waals surface area contributed by atoms with Crippen molar-refractivity contribution >= 4 is 70.8 Å². The minimum absolute atomic E-state index is 0.0524. The number of halogens is 1. The molecule has 0 saturated carbocycles. The number of benzene rings is 2. The maximum Gasteiger partial charge on any atom is 0.414 e. The number of hydrogen-bond donors (Lipinski definition) is 2. The third kappa shape index (κ3) is 19.5. The van der Waals surface area contributed by atoms with Gasteiger partial charge in [-0.15, -0.1) is 11.3 Å². The molecule has 17 heteroatoms. The second-order valence-electron chi connectivity index (χ2n) is 17.4. The summed E-state index contributed by atoms with van der Waals surface area (Å²) < 4.78 is 21.6. The van der Waals surface area contributed by atoms with Gasteiger partial charge in [-0.05, 0) is 133 Å². The van der Waals surface area contributed by atoms with Crippen LogP contribution < -0.4 is 15.4 Å². The molecular formula is C43H55ClN4O11S. The van der Waals surface area contributed by atoms with E-state index in [1.807, 2.05) is 0 Å². The summed E-state index contributed by atoms with van der Waals surface area (Å²) in [5.41, 5.74) is -0.0777. The Bertz CT molecular complexity index is 2010. The van der Waals surface area contributed by atoms with Crippen molar-refractivity contribution < 1.29 is 52.5 Å². The number of nitrogens with zero attached hydrogens (tertiary/aromatic N) is 2. The SMILES string of the molecule is CC(C)(C)OC(=O)CN(Cc1cc(C(C)(C)C)cs1)C(=O)CCc1ccc(OC(=O)c2ccc(N=C(NC(=O)OC(C)(C)C)NC(=O)OC(C)(C)C)cc2)cc1Cl.O=C=O. The van der Waals surface area contributed by atoms with E-state index in [4.69, 9.17) is 40.1 Å². The van der Waals surface area contributed by atoms with Gasteiger partial charge in [-0.2, -0.15) is 9.59 Å². The van der Waals surface area contributed by atoms with E-state index >= 15 is 0 Å². The van der Waals surface area contributed by atoms with E-state index in [-0.39, 0.29) is 66.4 Å².